The Balaban J connectivity index is 1.55. The minimum absolute atomic E-state index is 0.278. The number of aryl methyl sites for hydroxylation is 2. The van der Waals surface area contributed by atoms with Gasteiger partial charge in [-0.3, -0.25) is 4.79 Å². The summed E-state index contributed by atoms with van der Waals surface area (Å²) in [7, 11) is 0. The SMILES string of the molecule is Cc1ccc(C(=O)NN=Cc2ccc(OC(=O)c3ccc(C)cc3)cc2)cc1. The van der Waals surface area contributed by atoms with Crippen LogP contribution in [0.4, 0.5) is 0 Å². The molecule has 3 rings (SSSR count). The molecule has 1 N–H and O–H groups in total. The van der Waals surface area contributed by atoms with Crippen LogP contribution in [0.1, 0.15) is 37.4 Å². The first-order chi connectivity index (χ1) is 13.5. The summed E-state index contributed by atoms with van der Waals surface area (Å²) in [5.41, 5.74) is 6.45. The van der Waals surface area contributed by atoms with E-state index in [9.17, 15) is 9.59 Å². The lowest BCUT2D eigenvalue weighted by Gasteiger charge is -2.05. The summed E-state index contributed by atoms with van der Waals surface area (Å²) >= 11 is 0. The van der Waals surface area contributed by atoms with Crippen molar-refractivity contribution in [3.05, 3.63) is 101 Å². The van der Waals surface area contributed by atoms with Gasteiger partial charge in [-0.1, -0.05) is 35.4 Å². The summed E-state index contributed by atoms with van der Waals surface area (Å²) in [6, 6.07) is 21.3. The zero-order valence-corrected chi connectivity index (χ0v) is 15.7. The van der Waals surface area contributed by atoms with Crippen LogP contribution in [0, 0.1) is 13.8 Å². The summed E-state index contributed by atoms with van der Waals surface area (Å²) in [6.07, 6.45) is 1.53. The molecular formula is C23H20N2O3. The molecule has 0 aliphatic heterocycles. The first-order valence-corrected chi connectivity index (χ1v) is 8.80. The Morgan fingerprint density at radius 2 is 1.32 bits per heavy atom. The largest absolute Gasteiger partial charge is 0.423 e. The summed E-state index contributed by atoms with van der Waals surface area (Å²) in [6.45, 7) is 3.92. The molecule has 28 heavy (non-hydrogen) atoms. The number of benzene rings is 3. The van der Waals surface area contributed by atoms with E-state index in [1.165, 1.54) is 6.21 Å². The van der Waals surface area contributed by atoms with Crippen LogP contribution >= 0.6 is 0 Å². The van der Waals surface area contributed by atoms with Crippen molar-refractivity contribution in [2.75, 3.05) is 0 Å². The fraction of sp³-hybridized carbons (Fsp3) is 0.0870. The maximum Gasteiger partial charge on any atom is 0.343 e. The monoisotopic (exact) mass is 372 g/mol. The number of hydrogen-bond acceptors (Lipinski definition) is 4. The number of esters is 1. The van der Waals surface area contributed by atoms with Crippen LogP contribution in [0.3, 0.4) is 0 Å². The van der Waals surface area contributed by atoms with Gasteiger partial charge in [-0.05, 0) is 67.9 Å². The Morgan fingerprint density at radius 1 is 0.786 bits per heavy atom. The first kappa shape index (κ1) is 19.0. The average molecular weight is 372 g/mol. The zero-order chi connectivity index (χ0) is 19.9. The van der Waals surface area contributed by atoms with Crippen molar-refractivity contribution in [1.82, 2.24) is 5.43 Å². The van der Waals surface area contributed by atoms with E-state index in [4.69, 9.17) is 4.74 Å². The number of rotatable bonds is 5. The van der Waals surface area contributed by atoms with Gasteiger partial charge in [-0.25, -0.2) is 10.2 Å². The third kappa shape index (κ3) is 5.14. The van der Waals surface area contributed by atoms with Gasteiger partial charge >= 0.3 is 5.97 Å². The van der Waals surface area contributed by atoms with Gasteiger partial charge in [-0.2, -0.15) is 5.10 Å². The highest BCUT2D eigenvalue weighted by Gasteiger charge is 2.08. The molecule has 0 heterocycles. The van der Waals surface area contributed by atoms with Crippen molar-refractivity contribution in [3.63, 3.8) is 0 Å². The molecular weight excluding hydrogens is 352 g/mol. The molecule has 1 amide bonds. The Kier molecular flexibility index (Phi) is 5.97. The number of hydrazone groups is 1. The molecule has 0 aromatic heterocycles. The summed E-state index contributed by atoms with van der Waals surface area (Å²) in [5, 5.41) is 3.95. The smallest absolute Gasteiger partial charge is 0.343 e. The molecule has 3 aromatic rings. The Morgan fingerprint density at radius 3 is 1.89 bits per heavy atom. The molecule has 0 aliphatic rings. The molecule has 0 fully saturated rings. The lowest BCUT2D eigenvalue weighted by molar-refractivity contribution is 0.0734. The number of hydrogen-bond donors (Lipinski definition) is 1. The first-order valence-electron chi connectivity index (χ1n) is 8.80. The maximum absolute atomic E-state index is 12.1. The number of ether oxygens (including phenoxy) is 1. The van der Waals surface area contributed by atoms with Crippen molar-refractivity contribution < 1.29 is 14.3 Å². The molecule has 0 bridgehead atoms. The van der Waals surface area contributed by atoms with Gasteiger partial charge in [0.25, 0.3) is 5.91 Å². The van der Waals surface area contributed by atoms with Crippen LogP contribution < -0.4 is 10.2 Å². The molecule has 0 spiro atoms. The molecule has 3 aromatic carbocycles. The van der Waals surface area contributed by atoms with Crippen LogP contribution in [-0.4, -0.2) is 18.1 Å². The third-order valence-electron chi connectivity index (χ3n) is 4.07. The molecule has 0 saturated heterocycles. The van der Waals surface area contributed by atoms with Gasteiger partial charge < -0.3 is 4.74 Å². The Hall–Kier alpha value is -3.73. The lowest BCUT2D eigenvalue weighted by Crippen LogP contribution is -2.17. The van der Waals surface area contributed by atoms with Crippen molar-refractivity contribution in [1.29, 1.82) is 0 Å². The number of carbonyl (C=O) groups is 2. The normalized spacial score (nSPS) is 10.6. The summed E-state index contributed by atoms with van der Waals surface area (Å²) < 4.78 is 5.35. The topological polar surface area (TPSA) is 67.8 Å². The highest BCUT2D eigenvalue weighted by Crippen LogP contribution is 2.14. The Labute approximate surface area is 163 Å². The van der Waals surface area contributed by atoms with E-state index in [1.54, 1.807) is 48.5 Å². The zero-order valence-electron chi connectivity index (χ0n) is 15.7. The van der Waals surface area contributed by atoms with E-state index >= 15 is 0 Å². The molecule has 0 aliphatic carbocycles. The van der Waals surface area contributed by atoms with Gasteiger partial charge in [0.1, 0.15) is 5.75 Å². The van der Waals surface area contributed by atoms with Crippen LogP contribution in [0.2, 0.25) is 0 Å². The molecule has 5 nitrogen and oxygen atoms in total. The molecule has 140 valence electrons. The van der Waals surface area contributed by atoms with Gasteiger partial charge in [0, 0.05) is 5.56 Å². The van der Waals surface area contributed by atoms with Gasteiger partial charge in [0.15, 0.2) is 0 Å². The van der Waals surface area contributed by atoms with Crippen molar-refractivity contribution in [2.24, 2.45) is 5.10 Å². The maximum atomic E-state index is 12.1. The van der Waals surface area contributed by atoms with Crippen LogP contribution in [0.15, 0.2) is 77.9 Å². The van der Waals surface area contributed by atoms with Crippen LogP contribution in [0.25, 0.3) is 0 Å². The third-order valence-corrected chi connectivity index (χ3v) is 4.07. The number of carbonyl (C=O) groups excluding carboxylic acids is 2. The predicted octanol–water partition coefficient (Wildman–Crippen LogP) is 4.29. The second-order valence-corrected chi connectivity index (χ2v) is 6.39. The molecule has 5 heteroatoms. The molecule has 0 atom stereocenters. The molecule has 0 radical (unpaired) electrons. The van der Waals surface area contributed by atoms with Crippen LogP contribution in [0.5, 0.6) is 5.75 Å². The van der Waals surface area contributed by atoms with E-state index in [-0.39, 0.29) is 5.91 Å². The number of nitrogens with one attached hydrogen (secondary N) is 1. The highest BCUT2D eigenvalue weighted by molar-refractivity contribution is 5.95. The fourth-order valence-corrected chi connectivity index (χ4v) is 2.41. The quantitative estimate of drug-likeness (QED) is 0.314. The lowest BCUT2D eigenvalue weighted by atomic mass is 10.1. The van der Waals surface area contributed by atoms with E-state index in [0.29, 0.717) is 16.9 Å². The molecule has 0 unspecified atom stereocenters. The van der Waals surface area contributed by atoms with E-state index in [1.807, 2.05) is 38.1 Å². The van der Waals surface area contributed by atoms with Gasteiger partial charge in [0.05, 0.1) is 11.8 Å². The molecule has 0 saturated carbocycles. The van der Waals surface area contributed by atoms with E-state index in [0.717, 1.165) is 16.7 Å². The van der Waals surface area contributed by atoms with Crippen LogP contribution in [-0.2, 0) is 0 Å². The van der Waals surface area contributed by atoms with Crippen molar-refractivity contribution >= 4 is 18.1 Å². The second kappa shape index (κ2) is 8.77. The second-order valence-electron chi connectivity index (χ2n) is 6.39. The van der Waals surface area contributed by atoms with E-state index < -0.39 is 5.97 Å². The highest BCUT2D eigenvalue weighted by atomic mass is 16.5. The van der Waals surface area contributed by atoms with Gasteiger partial charge in [-0.15, -0.1) is 0 Å². The predicted molar refractivity (Wildman–Crippen MR) is 109 cm³/mol. The number of amides is 1. The van der Waals surface area contributed by atoms with Crippen molar-refractivity contribution in [2.45, 2.75) is 13.8 Å². The Bertz CT molecular complexity index is 990. The van der Waals surface area contributed by atoms with Gasteiger partial charge in [0.2, 0.25) is 0 Å². The minimum atomic E-state index is -0.410. The summed E-state index contributed by atoms with van der Waals surface area (Å²) in [5.74, 6) is -0.252. The van der Waals surface area contributed by atoms with Crippen molar-refractivity contribution in [3.8, 4) is 5.75 Å². The average Bonchev–Trinajstić information content (AvgIpc) is 2.70. The standard InChI is InChI=1S/C23H20N2O3/c1-16-3-9-19(10-4-16)22(26)25-24-15-18-7-13-21(14-8-18)28-23(27)20-11-5-17(2)6-12-20/h3-15H,1-2H3,(H,25,26). The fourth-order valence-electron chi connectivity index (χ4n) is 2.41. The minimum Gasteiger partial charge on any atom is -0.423 e. The summed E-state index contributed by atoms with van der Waals surface area (Å²) in [4.78, 5) is 24.1. The van der Waals surface area contributed by atoms with E-state index in [2.05, 4.69) is 10.5 Å². The number of nitrogens with zero attached hydrogens (tertiary/aromatic N) is 1.